The largest absolute Gasteiger partial charge is 0.508 e. The summed E-state index contributed by atoms with van der Waals surface area (Å²) in [5.41, 5.74) is 8.13. The Kier molecular flexibility index (Phi) is 4.00. The lowest BCUT2D eigenvalue weighted by molar-refractivity contribution is 0.470. The summed E-state index contributed by atoms with van der Waals surface area (Å²) >= 11 is 0. The van der Waals surface area contributed by atoms with E-state index in [-0.39, 0.29) is 18.4 Å². The van der Waals surface area contributed by atoms with Crippen LogP contribution in [0.5, 0.6) is 5.75 Å². The molecule has 1 atom stereocenters. The summed E-state index contributed by atoms with van der Waals surface area (Å²) in [6.45, 7) is 1.91. The first-order chi connectivity index (χ1) is 6.66. The molecule has 2 nitrogen and oxygen atoms in total. The number of phenols is 1. The molecule has 84 valence electrons. The SMILES string of the molecule is Cc1cc([C@@H](N)CC2CC2)ccc1O.Cl. The number of hydrogen-bond acceptors (Lipinski definition) is 2. The zero-order valence-corrected chi connectivity index (χ0v) is 9.76. The molecule has 0 bridgehead atoms. The first-order valence-corrected chi connectivity index (χ1v) is 5.22. The van der Waals surface area contributed by atoms with Gasteiger partial charge < -0.3 is 10.8 Å². The lowest BCUT2D eigenvalue weighted by Crippen LogP contribution is -2.10. The number of phenolic OH excluding ortho intramolecular Hbond substituents is 1. The highest BCUT2D eigenvalue weighted by Gasteiger charge is 2.24. The van der Waals surface area contributed by atoms with Crippen molar-refractivity contribution in [3.8, 4) is 5.75 Å². The van der Waals surface area contributed by atoms with Crippen molar-refractivity contribution < 1.29 is 5.11 Å². The third kappa shape index (κ3) is 3.11. The van der Waals surface area contributed by atoms with Gasteiger partial charge in [-0.25, -0.2) is 0 Å². The quantitative estimate of drug-likeness (QED) is 0.834. The minimum absolute atomic E-state index is 0. The average Bonchev–Trinajstić information content (AvgIpc) is 2.93. The number of halogens is 1. The van der Waals surface area contributed by atoms with E-state index in [0.717, 1.165) is 23.5 Å². The lowest BCUT2D eigenvalue weighted by Gasteiger charge is -2.12. The Labute approximate surface area is 96.9 Å². The van der Waals surface area contributed by atoms with E-state index in [1.54, 1.807) is 6.07 Å². The summed E-state index contributed by atoms with van der Waals surface area (Å²) in [6, 6.07) is 5.79. The number of aromatic hydroxyl groups is 1. The van der Waals surface area contributed by atoms with Crippen LogP contribution in [0.3, 0.4) is 0 Å². The summed E-state index contributed by atoms with van der Waals surface area (Å²) < 4.78 is 0. The van der Waals surface area contributed by atoms with E-state index in [1.165, 1.54) is 12.8 Å². The molecule has 15 heavy (non-hydrogen) atoms. The van der Waals surface area contributed by atoms with Crippen LogP contribution in [-0.2, 0) is 0 Å². The summed E-state index contributed by atoms with van der Waals surface area (Å²) in [7, 11) is 0. The van der Waals surface area contributed by atoms with Crippen molar-refractivity contribution in [2.75, 3.05) is 0 Å². The molecule has 1 saturated carbocycles. The first kappa shape index (κ1) is 12.3. The molecule has 0 aliphatic heterocycles. The Morgan fingerprint density at radius 3 is 2.67 bits per heavy atom. The van der Waals surface area contributed by atoms with Crippen LogP contribution in [0.25, 0.3) is 0 Å². The summed E-state index contributed by atoms with van der Waals surface area (Å²) in [5, 5.41) is 9.38. The van der Waals surface area contributed by atoms with Crippen LogP contribution in [-0.4, -0.2) is 5.11 Å². The number of benzene rings is 1. The topological polar surface area (TPSA) is 46.2 Å². The maximum atomic E-state index is 9.38. The van der Waals surface area contributed by atoms with Gasteiger partial charge in [0.2, 0.25) is 0 Å². The third-order valence-electron chi connectivity index (χ3n) is 2.93. The monoisotopic (exact) mass is 227 g/mol. The fraction of sp³-hybridized carbons (Fsp3) is 0.500. The van der Waals surface area contributed by atoms with E-state index in [1.807, 2.05) is 19.1 Å². The van der Waals surface area contributed by atoms with Crippen molar-refractivity contribution >= 4 is 12.4 Å². The van der Waals surface area contributed by atoms with Crippen LogP contribution in [0.2, 0.25) is 0 Å². The fourth-order valence-corrected chi connectivity index (χ4v) is 1.76. The number of aryl methyl sites for hydroxylation is 1. The van der Waals surface area contributed by atoms with Gasteiger partial charge in [-0.3, -0.25) is 0 Å². The molecular formula is C12H18ClNO. The molecule has 3 heteroatoms. The summed E-state index contributed by atoms with van der Waals surface area (Å²) in [6.07, 6.45) is 3.76. The minimum Gasteiger partial charge on any atom is -0.508 e. The molecule has 1 fully saturated rings. The Morgan fingerprint density at radius 1 is 1.47 bits per heavy atom. The Hall–Kier alpha value is -0.730. The van der Waals surface area contributed by atoms with Crippen molar-refractivity contribution in [2.24, 2.45) is 11.7 Å². The first-order valence-electron chi connectivity index (χ1n) is 5.22. The Balaban J connectivity index is 0.00000112. The van der Waals surface area contributed by atoms with Gasteiger partial charge in [0.1, 0.15) is 5.75 Å². The lowest BCUT2D eigenvalue weighted by atomic mass is 10.00. The predicted octanol–water partition coefficient (Wildman–Crippen LogP) is 2.92. The van der Waals surface area contributed by atoms with E-state index >= 15 is 0 Å². The van der Waals surface area contributed by atoms with Gasteiger partial charge in [0.05, 0.1) is 0 Å². The molecule has 0 saturated heterocycles. The summed E-state index contributed by atoms with van der Waals surface area (Å²) in [5.74, 6) is 1.20. The van der Waals surface area contributed by atoms with Crippen LogP contribution >= 0.6 is 12.4 Å². The van der Waals surface area contributed by atoms with E-state index in [9.17, 15) is 5.11 Å². The van der Waals surface area contributed by atoms with E-state index < -0.39 is 0 Å². The van der Waals surface area contributed by atoms with Crippen molar-refractivity contribution in [3.05, 3.63) is 29.3 Å². The zero-order valence-electron chi connectivity index (χ0n) is 8.94. The molecule has 1 aliphatic carbocycles. The van der Waals surface area contributed by atoms with Gasteiger partial charge in [-0.15, -0.1) is 12.4 Å². The van der Waals surface area contributed by atoms with Crippen LogP contribution in [0.15, 0.2) is 18.2 Å². The van der Waals surface area contributed by atoms with Gasteiger partial charge in [0, 0.05) is 6.04 Å². The van der Waals surface area contributed by atoms with Crippen molar-refractivity contribution in [3.63, 3.8) is 0 Å². The molecule has 1 aromatic carbocycles. The van der Waals surface area contributed by atoms with Gasteiger partial charge in [-0.2, -0.15) is 0 Å². The molecule has 0 spiro atoms. The average molecular weight is 228 g/mol. The smallest absolute Gasteiger partial charge is 0.118 e. The standard InChI is InChI=1S/C12H17NO.ClH/c1-8-6-10(4-5-12(8)14)11(13)7-9-2-3-9;/h4-6,9,11,14H,2-3,7,13H2,1H3;1H/t11-;/m0./s1. The van der Waals surface area contributed by atoms with E-state index in [4.69, 9.17) is 5.73 Å². The molecule has 0 unspecified atom stereocenters. The molecule has 1 aliphatic rings. The molecule has 3 N–H and O–H groups in total. The van der Waals surface area contributed by atoms with Crippen molar-refractivity contribution in [1.82, 2.24) is 0 Å². The highest BCUT2D eigenvalue weighted by Crippen LogP contribution is 2.37. The molecule has 1 aromatic rings. The van der Waals surface area contributed by atoms with Gasteiger partial charge in [-0.05, 0) is 36.5 Å². The molecule has 0 amide bonds. The van der Waals surface area contributed by atoms with Crippen molar-refractivity contribution in [1.29, 1.82) is 0 Å². The Bertz CT molecular complexity index is 336. The zero-order chi connectivity index (χ0) is 10.1. The maximum absolute atomic E-state index is 9.38. The minimum atomic E-state index is 0. The normalized spacial score (nSPS) is 16.9. The number of nitrogens with two attached hydrogens (primary N) is 1. The highest BCUT2D eigenvalue weighted by molar-refractivity contribution is 5.85. The van der Waals surface area contributed by atoms with Gasteiger partial charge in [-0.1, -0.05) is 25.0 Å². The van der Waals surface area contributed by atoms with Crippen LogP contribution < -0.4 is 5.73 Å². The van der Waals surface area contributed by atoms with Crippen molar-refractivity contribution in [2.45, 2.75) is 32.2 Å². The molecular weight excluding hydrogens is 210 g/mol. The van der Waals surface area contributed by atoms with E-state index in [2.05, 4.69) is 0 Å². The van der Waals surface area contributed by atoms with Gasteiger partial charge in [0.15, 0.2) is 0 Å². The second-order valence-electron chi connectivity index (χ2n) is 4.33. The second-order valence-corrected chi connectivity index (χ2v) is 4.33. The molecule has 0 heterocycles. The second kappa shape index (κ2) is 4.86. The predicted molar refractivity (Wildman–Crippen MR) is 64.4 cm³/mol. The van der Waals surface area contributed by atoms with E-state index in [0.29, 0.717) is 5.75 Å². The highest BCUT2D eigenvalue weighted by atomic mass is 35.5. The van der Waals surface area contributed by atoms with Gasteiger partial charge >= 0.3 is 0 Å². The molecule has 2 rings (SSSR count). The van der Waals surface area contributed by atoms with Crippen LogP contribution in [0.4, 0.5) is 0 Å². The fourth-order valence-electron chi connectivity index (χ4n) is 1.76. The summed E-state index contributed by atoms with van der Waals surface area (Å²) in [4.78, 5) is 0. The van der Waals surface area contributed by atoms with Crippen LogP contribution in [0, 0.1) is 12.8 Å². The number of rotatable bonds is 3. The van der Waals surface area contributed by atoms with Gasteiger partial charge in [0.25, 0.3) is 0 Å². The maximum Gasteiger partial charge on any atom is 0.118 e. The molecule has 0 aromatic heterocycles. The molecule has 0 radical (unpaired) electrons. The third-order valence-corrected chi connectivity index (χ3v) is 2.93. The number of hydrogen-bond donors (Lipinski definition) is 2. The van der Waals surface area contributed by atoms with Crippen LogP contribution in [0.1, 0.15) is 36.4 Å². The Morgan fingerprint density at radius 2 is 2.13 bits per heavy atom.